The van der Waals surface area contributed by atoms with Gasteiger partial charge in [-0.25, -0.2) is 0 Å². The summed E-state index contributed by atoms with van der Waals surface area (Å²) in [6, 6.07) is 7.71. The zero-order chi connectivity index (χ0) is 15.9. The molecule has 0 aromatic heterocycles. The number of methoxy groups -OCH3 is 1. The Hall–Kier alpha value is -1.77. The second-order valence-electron chi connectivity index (χ2n) is 5.35. The van der Waals surface area contributed by atoms with E-state index in [0.717, 1.165) is 31.6 Å². The first kappa shape index (κ1) is 16.6. The maximum Gasteiger partial charge on any atom is 0.224 e. The van der Waals surface area contributed by atoms with Crippen LogP contribution < -0.4 is 5.32 Å². The van der Waals surface area contributed by atoms with E-state index in [1.165, 1.54) is 0 Å². The molecule has 1 aromatic rings. The average molecular weight is 322 g/mol. The summed E-state index contributed by atoms with van der Waals surface area (Å²) in [5, 5.41) is 12.7. The van der Waals surface area contributed by atoms with Crippen LogP contribution in [0.25, 0.3) is 0 Å². The summed E-state index contributed by atoms with van der Waals surface area (Å²) in [6.07, 6.45) is 2.24. The molecule has 0 spiro atoms. The van der Waals surface area contributed by atoms with E-state index in [0.29, 0.717) is 29.7 Å². The number of nitrogens with one attached hydrogen (secondary N) is 1. The summed E-state index contributed by atoms with van der Waals surface area (Å²) < 4.78 is 4.94. The fourth-order valence-corrected chi connectivity index (χ4v) is 2.77. The van der Waals surface area contributed by atoms with Crippen molar-refractivity contribution in [1.29, 1.82) is 5.26 Å². The van der Waals surface area contributed by atoms with Gasteiger partial charge in [-0.05, 0) is 31.0 Å². The second kappa shape index (κ2) is 8.02. The second-order valence-corrected chi connectivity index (χ2v) is 5.76. The number of nitriles is 1. The molecule has 0 radical (unpaired) electrons. The lowest BCUT2D eigenvalue weighted by molar-refractivity contribution is -0.133. The van der Waals surface area contributed by atoms with Crippen molar-refractivity contribution in [2.45, 2.75) is 25.3 Å². The summed E-state index contributed by atoms with van der Waals surface area (Å²) >= 11 is 6.03. The first-order valence-corrected chi connectivity index (χ1v) is 7.74. The fourth-order valence-electron chi connectivity index (χ4n) is 2.55. The Balaban J connectivity index is 1.84. The summed E-state index contributed by atoms with van der Waals surface area (Å²) in [4.78, 5) is 13.8. The number of carbonyl (C=O) groups is 1. The zero-order valence-electron chi connectivity index (χ0n) is 12.6. The number of rotatable bonds is 5. The van der Waals surface area contributed by atoms with Crippen molar-refractivity contribution < 1.29 is 9.53 Å². The SMILES string of the molecule is COCCC(=O)N1CCC(Nc2ccc(C#N)c(Cl)c2)CC1. The van der Waals surface area contributed by atoms with Gasteiger partial charge in [-0.15, -0.1) is 0 Å². The molecule has 1 aromatic carbocycles. The Labute approximate surface area is 135 Å². The molecule has 1 aliphatic rings. The predicted octanol–water partition coefficient (Wildman–Crippen LogP) is 2.65. The molecule has 1 amide bonds. The number of nitrogens with zero attached hydrogens (tertiary/aromatic N) is 2. The maximum atomic E-state index is 11.9. The number of carbonyl (C=O) groups excluding carboxylic acids is 1. The van der Waals surface area contributed by atoms with Crippen molar-refractivity contribution >= 4 is 23.2 Å². The number of benzene rings is 1. The Morgan fingerprint density at radius 1 is 1.50 bits per heavy atom. The molecular formula is C16H20ClN3O2. The lowest BCUT2D eigenvalue weighted by atomic mass is 10.0. The van der Waals surface area contributed by atoms with Gasteiger partial charge in [-0.3, -0.25) is 4.79 Å². The highest BCUT2D eigenvalue weighted by molar-refractivity contribution is 6.32. The quantitative estimate of drug-likeness (QED) is 0.905. The molecule has 1 heterocycles. The first-order valence-electron chi connectivity index (χ1n) is 7.37. The molecule has 0 atom stereocenters. The van der Waals surface area contributed by atoms with Crippen LogP contribution in [0.5, 0.6) is 0 Å². The van der Waals surface area contributed by atoms with E-state index in [2.05, 4.69) is 5.32 Å². The highest BCUT2D eigenvalue weighted by atomic mass is 35.5. The summed E-state index contributed by atoms with van der Waals surface area (Å²) in [7, 11) is 1.60. The van der Waals surface area contributed by atoms with Crippen molar-refractivity contribution in [1.82, 2.24) is 4.90 Å². The van der Waals surface area contributed by atoms with Gasteiger partial charge in [0.15, 0.2) is 0 Å². The van der Waals surface area contributed by atoms with Crippen molar-refractivity contribution in [2.75, 3.05) is 32.1 Å². The highest BCUT2D eigenvalue weighted by Gasteiger charge is 2.22. The van der Waals surface area contributed by atoms with Gasteiger partial charge in [0, 0.05) is 31.9 Å². The van der Waals surface area contributed by atoms with Gasteiger partial charge in [-0.2, -0.15) is 5.26 Å². The number of ether oxygens (including phenoxy) is 1. The van der Waals surface area contributed by atoms with Gasteiger partial charge in [0.1, 0.15) is 6.07 Å². The van der Waals surface area contributed by atoms with Crippen molar-refractivity contribution in [2.24, 2.45) is 0 Å². The van der Waals surface area contributed by atoms with Gasteiger partial charge in [0.05, 0.1) is 23.6 Å². The highest BCUT2D eigenvalue weighted by Crippen LogP contribution is 2.23. The van der Waals surface area contributed by atoms with Crippen LogP contribution in [0.2, 0.25) is 5.02 Å². The normalized spacial score (nSPS) is 15.4. The Bertz CT molecular complexity index is 563. The molecule has 118 valence electrons. The van der Waals surface area contributed by atoms with E-state index in [-0.39, 0.29) is 5.91 Å². The molecule has 1 N–H and O–H groups in total. The molecule has 1 fully saturated rings. The fraction of sp³-hybridized carbons (Fsp3) is 0.500. The number of hydrogen-bond donors (Lipinski definition) is 1. The Morgan fingerprint density at radius 2 is 2.23 bits per heavy atom. The van der Waals surface area contributed by atoms with Crippen LogP contribution in [0.4, 0.5) is 5.69 Å². The van der Waals surface area contributed by atoms with E-state index < -0.39 is 0 Å². The van der Waals surface area contributed by atoms with Crippen molar-refractivity contribution in [3.05, 3.63) is 28.8 Å². The monoisotopic (exact) mass is 321 g/mol. The van der Waals surface area contributed by atoms with Crippen LogP contribution in [0.1, 0.15) is 24.8 Å². The molecule has 0 unspecified atom stereocenters. The van der Waals surface area contributed by atoms with Crippen molar-refractivity contribution in [3.8, 4) is 6.07 Å². The molecule has 22 heavy (non-hydrogen) atoms. The van der Waals surface area contributed by atoms with E-state index in [1.807, 2.05) is 17.0 Å². The van der Waals surface area contributed by atoms with E-state index in [9.17, 15) is 4.79 Å². The summed E-state index contributed by atoms with van der Waals surface area (Å²) in [5.41, 5.74) is 1.39. The third kappa shape index (κ3) is 4.36. The minimum absolute atomic E-state index is 0.154. The smallest absolute Gasteiger partial charge is 0.224 e. The zero-order valence-corrected chi connectivity index (χ0v) is 13.4. The lowest BCUT2D eigenvalue weighted by Crippen LogP contribution is -2.42. The van der Waals surface area contributed by atoms with Crippen molar-refractivity contribution in [3.63, 3.8) is 0 Å². The lowest BCUT2D eigenvalue weighted by Gasteiger charge is -2.33. The number of hydrogen-bond acceptors (Lipinski definition) is 4. The standard InChI is InChI=1S/C16H20ClN3O2/c1-22-9-6-16(21)20-7-4-13(5-8-20)19-14-3-2-12(11-18)15(17)10-14/h2-3,10,13,19H,4-9H2,1H3. The third-order valence-electron chi connectivity index (χ3n) is 3.83. The number of anilines is 1. The van der Waals surface area contributed by atoms with Crippen LogP contribution in [0, 0.1) is 11.3 Å². The first-order chi connectivity index (χ1) is 10.6. The largest absolute Gasteiger partial charge is 0.384 e. The van der Waals surface area contributed by atoms with Gasteiger partial charge in [-0.1, -0.05) is 11.6 Å². The molecule has 5 nitrogen and oxygen atoms in total. The molecule has 1 saturated heterocycles. The van der Waals surface area contributed by atoms with Gasteiger partial charge >= 0.3 is 0 Å². The summed E-state index contributed by atoms with van der Waals surface area (Å²) in [6.45, 7) is 1.98. The number of piperidine rings is 1. The summed E-state index contributed by atoms with van der Waals surface area (Å²) in [5.74, 6) is 0.154. The Morgan fingerprint density at radius 3 is 2.82 bits per heavy atom. The van der Waals surface area contributed by atoms with E-state index >= 15 is 0 Å². The number of amides is 1. The van der Waals surface area contributed by atoms with Gasteiger partial charge in [0.2, 0.25) is 5.91 Å². The minimum Gasteiger partial charge on any atom is -0.384 e. The van der Waals surface area contributed by atoms with Gasteiger partial charge in [0.25, 0.3) is 0 Å². The van der Waals surface area contributed by atoms with Crippen LogP contribution in [-0.2, 0) is 9.53 Å². The van der Waals surface area contributed by atoms with Crippen LogP contribution in [-0.4, -0.2) is 43.7 Å². The number of halogens is 1. The molecule has 0 bridgehead atoms. The third-order valence-corrected chi connectivity index (χ3v) is 4.14. The van der Waals surface area contributed by atoms with Crippen LogP contribution in [0.3, 0.4) is 0 Å². The molecule has 1 aliphatic heterocycles. The molecular weight excluding hydrogens is 302 g/mol. The predicted molar refractivity (Wildman–Crippen MR) is 85.9 cm³/mol. The average Bonchev–Trinajstić information content (AvgIpc) is 2.53. The molecule has 0 aliphatic carbocycles. The minimum atomic E-state index is 0.154. The van der Waals surface area contributed by atoms with Crippen LogP contribution in [0.15, 0.2) is 18.2 Å². The van der Waals surface area contributed by atoms with Gasteiger partial charge < -0.3 is 15.0 Å². The van der Waals surface area contributed by atoms with E-state index in [4.69, 9.17) is 21.6 Å². The Kier molecular flexibility index (Phi) is 6.05. The maximum absolute atomic E-state index is 11.9. The van der Waals surface area contributed by atoms with Crippen LogP contribution >= 0.6 is 11.6 Å². The molecule has 6 heteroatoms. The number of likely N-dealkylation sites (tertiary alicyclic amines) is 1. The molecule has 2 rings (SSSR count). The topological polar surface area (TPSA) is 65.4 Å². The van der Waals surface area contributed by atoms with E-state index in [1.54, 1.807) is 19.2 Å². The molecule has 0 saturated carbocycles.